The number of hydrogen-bond acceptors (Lipinski definition) is 4. The normalized spacial score (nSPS) is 16.1. The Hall–Kier alpha value is -2.09. The molecule has 154 valence electrons. The summed E-state index contributed by atoms with van der Waals surface area (Å²) in [6.07, 6.45) is 3.45. The standard InChI is InChI=1S/C21H25ClN4O2S/c1-16(2)14-25-15-20(19-7-4-8-23-21(19)25)29(27,28)26-11-9-24(10-12-26)18-6-3-5-17(22)13-18/h3-8,13,15-16H,9-12,14H2,1-2H3. The van der Waals surface area contributed by atoms with Crippen LogP contribution in [0.1, 0.15) is 13.8 Å². The fourth-order valence-electron chi connectivity index (χ4n) is 3.83. The van der Waals surface area contributed by atoms with Crippen molar-refractivity contribution in [2.75, 3.05) is 31.1 Å². The quantitative estimate of drug-likeness (QED) is 0.614. The Morgan fingerprint density at radius 2 is 1.86 bits per heavy atom. The van der Waals surface area contributed by atoms with E-state index in [9.17, 15) is 8.42 Å². The smallest absolute Gasteiger partial charge is 0.245 e. The summed E-state index contributed by atoms with van der Waals surface area (Å²) >= 11 is 6.10. The van der Waals surface area contributed by atoms with Crippen LogP contribution in [0.5, 0.6) is 0 Å². The third kappa shape index (κ3) is 3.99. The van der Waals surface area contributed by atoms with Gasteiger partial charge in [0.1, 0.15) is 10.5 Å². The van der Waals surface area contributed by atoms with E-state index in [1.165, 1.54) is 0 Å². The highest BCUT2D eigenvalue weighted by molar-refractivity contribution is 7.89. The van der Waals surface area contributed by atoms with E-state index in [4.69, 9.17) is 11.6 Å². The minimum absolute atomic E-state index is 0.345. The van der Waals surface area contributed by atoms with Gasteiger partial charge < -0.3 is 9.47 Å². The first-order valence-corrected chi connectivity index (χ1v) is 11.6. The van der Waals surface area contributed by atoms with Crippen LogP contribution in [0.25, 0.3) is 11.0 Å². The van der Waals surface area contributed by atoms with Crippen molar-refractivity contribution in [3.05, 3.63) is 53.8 Å². The molecule has 0 atom stereocenters. The molecule has 1 aliphatic rings. The van der Waals surface area contributed by atoms with Gasteiger partial charge in [-0.1, -0.05) is 31.5 Å². The monoisotopic (exact) mass is 432 g/mol. The molecule has 8 heteroatoms. The van der Waals surface area contributed by atoms with Crippen LogP contribution in [-0.2, 0) is 16.6 Å². The van der Waals surface area contributed by atoms with Gasteiger partial charge >= 0.3 is 0 Å². The molecule has 1 aliphatic heterocycles. The van der Waals surface area contributed by atoms with Gasteiger partial charge in [0.15, 0.2) is 0 Å². The summed E-state index contributed by atoms with van der Waals surface area (Å²) in [5, 5.41) is 1.37. The lowest BCUT2D eigenvalue weighted by Gasteiger charge is -2.35. The third-order valence-electron chi connectivity index (χ3n) is 5.19. The van der Waals surface area contributed by atoms with Crippen molar-refractivity contribution < 1.29 is 8.42 Å². The second-order valence-electron chi connectivity index (χ2n) is 7.79. The zero-order valence-corrected chi connectivity index (χ0v) is 18.2. The maximum atomic E-state index is 13.4. The van der Waals surface area contributed by atoms with Crippen molar-refractivity contribution in [1.82, 2.24) is 13.9 Å². The average Bonchev–Trinajstić information content (AvgIpc) is 3.07. The fraction of sp³-hybridized carbons (Fsp3) is 0.381. The number of aromatic nitrogens is 2. The molecule has 1 fully saturated rings. The summed E-state index contributed by atoms with van der Waals surface area (Å²) in [4.78, 5) is 6.95. The highest BCUT2D eigenvalue weighted by Gasteiger charge is 2.31. The van der Waals surface area contributed by atoms with Crippen molar-refractivity contribution >= 4 is 38.3 Å². The Bertz CT molecular complexity index is 1120. The van der Waals surface area contributed by atoms with E-state index in [1.54, 1.807) is 22.8 Å². The number of pyridine rings is 1. The topological polar surface area (TPSA) is 58.4 Å². The molecule has 0 aliphatic carbocycles. The Morgan fingerprint density at radius 1 is 1.10 bits per heavy atom. The van der Waals surface area contributed by atoms with Gasteiger partial charge in [0.2, 0.25) is 10.0 Å². The Balaban J connectivity index is 1.60. The average molecular weight is 433 g/mol. The summed E-state index contributed by atoms with van der Waals surface area (Å²) in [5.41, 5.74) is 1.74. The van der Waals surface area contributed by atoms with Crippen molar-refractivity contribution in [3.63, 3.8) is 0 Å². The molecule has 3 heterocycles. The van der Waals surface area contributed by atoms with E-state index in [2.05, 4.69) is 23.7 Å². The summed E-state index contributed by atoms with van der Waals surface area (Å²) in [5.74, 6) is 0.393. The number of sulfonamides is 1. The van der Waals surface area contributed by atoms with Gasteiger partial charge in [-0.2, -0.15) is 4.31 Å². The van der Waals surface area contributed by atoms with Crippen LogP contribution < -0.4 is 4.90 Å². The molecule has 29 heavy (non-hydrogen) atoms. The number of benzene rings is 1. The van der Waals surface area contributed by atoms with Crippen molar-refractivity contribution in [2.45, 2.75) is 25.3 Å². The zero-order valence-electron chi connectivity index (χ0n) is 16.6. The van der Waals surface area contributed by atoms with Crippen LogP contribution in [-0.4, -0.2) is 48.5 Å². The zero-order chi connectivity index (χ0) is 20.6. The predicted octanol–water partition coefficient (Wildman–Crippen LogP) is 3.86. The molecular weight excluding hydrogens is 408 g/mol. The first-order valence-electron chi connectivity index (χ1n) is 9.81. The van der Waals surface area contributed by atoms with Crippen LogP contribution in [0.2, 0.25) is 5.02 Å². The molecule has 0 unspecified atom stereocenters. The first-order chi connectivity index (χ1) is 13.9. The van der Waals surface area contributed by atoms with E-state index < -0.39 is 10.0 Å². The minimum atomic E-state index is -3.60. The molecule has 0 saturated carbocycles. The molecule has 0 amide bonds. The molecule has 6 nitrogen and oxygen atoms in total. The van der Waals surface area contributed by atoms with Crippen LogP contribution in [0.4, 0.5) is 5.69 Å². The number of piperazine rings is 1. The number of fused-ring (bicyclic) bond motifs is 1. The number of rotatable bonds is 5. The summed E-state index contributed by atoms with van der Waals surface area (Å²) in [6, 6.07) is 11.3. The lowest BCUT2D eigenvalue weighted by Crippen LogP contribution is -2.48. The van der Waals surface area contributed by atoms with Crippen molar-refractivity contribution in [1.29, 1.82) is 0 Å². The SMILES string of the molecule is CC(C)Cn1cc(S(=O)(=O)N2CCN(c3cccc(Cl)c3)CC2)c2cccnc21. The molecule has 0 N–H and O–H groups in total. The molecule has 1 aromatic carbocycles. The predicted molar refractivity (Wildman–Crippen MR) is 117 cm³/mol. The van der Waals surface area contributed by atoms with Gasteiger partial charge in [-0.05, 0) is 36.2 Å². The molecule has 4 rings (SSSR count). The fourth-order valence-corrected chi connectivity index (χ4v) is 5.63. The van der Waals surface area contributed by atoms with E-state index in [0.29, 0.717) is 47.4 Å². The minimum Gasteiger partial charge on any atom is -0.369 e. The number of halogens is 1. The molecule has 2 aromatic heterocycles. The lowest BCUT2D eigenvalue weighted by atomic mass is 10.2. The van der Waals surface area contributed by atoms with Crippen molar-refractivity contribution in [2.24, 2.45) is 5.92 Å². The van der Waals surface area contributed by atoms with Gasteiger partial charge in [-0.15, -0.1) is 0 Å². The Labute approximate surface area is 176 Å². The third-order valence-corrected chi connectivity index (χ3v) is 7.35. The molecule has 0 bridgehead atoms. The van der Waals surface area contributed by atoms with Crippen LogP contribution in [0.3, 0.4) is 0 Å². The molecule has 0 spiro atoms. The Morgan fingerprint density at radius 3 is 2.55 bits per heavy atom. The van der Waals surface area contributed by atoms with Gasteiger partial charge in [-0.25, -0.2) is 13.4 Å². The van der Waals surface area contributed by atoms with Crippen LogP contribution in [0, 0.1) is 5.92 Å². The maximum Gasteiger partial charge on any atom is 0.245 e. The second kappa shape index (κ2) is 7.97. The van der Waals surface area contributed by atoms with E-state index >= 15 is 0 Å². The highest BCUT2D eigenvalue weighted by atomic mass is 35.5. The van der Waals surface area contributed by atoms with E-state index in [-0.39, 0.29) is 0 Å². The van der Waals surface area contributed by atoms with Gasteiger partial charge in [0.25, 0.3) is 0 Å². The molecule has 0 radical (unpaired) electrons. The van der Waals surface area contributed by atoms with Crippen LogP contribution >= 0.6 is 11.6 Å². The first kappa shape index (κ1) is 20.2. The highest BCUT2D eigenvalue weighted by Crippen LogP contribution is 2.29. The summed E-state index contributed by atoms with van der Waals surface area (Å²) in [6.45, 7) is 7.07. The van der Waals surface area contributed by atoms with E-state index in [0.717, 1.165) is 17.9 Å². The van der Waals surface area contributed by atoms with Crippen LogP contribution in [0.15, 0.2) is 53.7 Å². The lowest BCUT2D eigenvalue weighted by molar-refractivity contribution is 0.385. The second-order valence-corrected chi connectivity index (χ2v) is 10.1. The largest absolute Gasteiger partial charge is 0.369 e. The summed E-state index contributed by atoms with van der Waals surface area (Å²) in [7, 11) is -3.60. The number of anilines is 1. The molecule has 1 saturated heterocycles. The van der Waals surface area contributed by atoms with E-state index in [1.807, 2.05) is 34.9 Å². The van der Waals surface area contributed by atoms with Gasteiger partial charge in [0, 0.05) is 61.2 Å². The van der Waals surface area contributed by atoms with Gasteiger partial charge in [-0.3, -0.25) is 0 Å². The maximum absolute atomic E-state index is 13.4. The Kier molecular flexibility index (Phi) is 5.55. The number of hydrogen-bond donors (Lipinski definition) is 0. The number of nitrogens with zero attached hydrogens (tertiary/aromatic N) is 4. The summed E-state index contributed by atoms with van der Waals surface area (Å²) < 4.78 is 30.4. The molecular formula is C21H25ClN4O2S. The van der Waals surface area contributed by atoms with Gasteiger partial charge in [0.05, 0.1) is 0 Å². The molecule has 3 aromatic rings. The van der Waals surface area contributed by atoms with Crippen molar-refractivity contribution in [3.8, 4) is 0 Å².